The predicted molar refractivity (Wildman–Crippen MR) is 187 cm³/mol. The molecule has 45 heavy (non-hydrogen) atoms. The number of rotatable bonds is 7. The first kappa shape index (κ1) is 36.1. The molecule has 0 aromatic heterocycles. The highest BCUT2D eigenvalue weighted by Gasteiger charge is 2.42. The highest BCUT2D eigenvalue weighted by Crippen LogP contribution is 2.50. The summed E-state index contributed by atoms with van der Waals surface area (Å²) in [6.45, 7) is 6.38. The molecule has 0 aliphatic carbocycles. The van der Waals surface area contributed by atoms with Gasteiger partial charge >= 0.3 is 0 Å². The summed E-state index contributed by atoms with van der Waals surface area (Å²) in [6.07, 6.45) is 8.54. The second-order valence-electron chi connectivity index (χ2n) is 12.8. The molecular weight excluding hydrogens is 722 g/mol. The van der Waals surface area contributed by atoms with Crippen LogP contribution in [0.25, 0.3) is 0 Å². The minimum absolute atomic E-state index is 0.114. The van der Waals surface area contributed by atoms with E-state index in [9.17, 15) is 9.18 Å². The van der Waals surface area contributed by atoms with Crippen LogP contribution in [0, 0.1) is 5.82 Å². The standard InChI is InChI=1S/C33H39Cl7FN3O/c34-28-6-4-7-29(41)25(28)21-30(45)44-16-5-12-31(22-44,23-8-9-26(32(35,36)37)27(20-23)33(38,39)40)13-19-42-17-10-24(11-18-42)43-14-2-1-3-15-43/h4,6-9,20,24H,1-3,5,10-19,21-22H2/t31-/m1/s1. The van der Waals surface area contributed by atoms with Gasteiger partial charge in [0.15, 0.2) is 0 Å². The molecule has 0 saturated carbocycles. The van der Waals surface area contributed by atoms with E-state index >= 15 is 0 Å². The van der Waals surface area contributed by atoms with Crippen LogP contribution in [0.3, 0.4) is 0 Å². The van der Waals surface area contributed by atoms with Crippen LogP contribution in [-0.4, -0.2) is 72.5 Å². The molecule has 0 unspecified atom stereocenters. The zero-order valence-electron chi connectivity index (χ0n) is 25.1. The van der Waals surface area contributed by atoms with Crippen molar-refractivity contribution in [1.29, 1.82) is 0 Å². The van der Waals surface area contributed by atoms with Gasteiger partial charge in [0.05, 0.1) is 6.42 Å². The molecule has 0 bridgehead atoms. The summed E-state index contributed by atoms with van der Waals surface area (Å²) in [5.41, 5.74) is 1.28. The number of hydrogen-bond acceptors (Lipinski definition) is 3. The number of amides is 1. The summed E-state index contributed by atoms with van der Waals surface area (Å²) in [7, 11) is 0. The number of nitrogens with zero attached hydrogens (tertiary/aromatic N) is 3. The summed E-state index contributed by atoms with van der Waals surface area (Å²) >= 11 is 44.5. The Labute approximate surface area is 301 Å². The molecule has 1 atom stereocenters. The first-order valence-electron chi connectivity index (χ1n) is 15.7. The molecule has 3 heterocycles. The van der Waals surface area contributed by atoms with Crippen molar-refractivity contribution in [2.45, 2.75) is 76.8 Å². The van der Waals surface area contributed by atoms with Gasteiger partial charge in [0.1, 0.15) is 5.82 Å². The lowest BCUT2D eigenvalue weighted by Crippen LogP contribution is -2.51. The molecule has 0 radical (unpaired) electrons. The van der Waals surface area contributed by atoms with Gasteiger partial charge in [-0.05, 0) is 95.4 Å². The number of likely N-dealkylation sites (tertiary alicyclic amines) is 3. The SMILES string of the molecule is O=C(Cc1c(F)cccc1Cl)N1CCC[C@](CCN2CCC(N3CCCCC3)CC2)(c2ccc(C(Cl)(Cl)Cl)c(C(Cl)(Cl)Cl)c2)C1. The molecule has 2 aromatic rings. The largest absolute Gasteiger partial charge is 0.342 e. The molecule has 0 N–H and O–H groups in total. The fourth-order valence-electron chi connectivity index (χ4n) is 7.41. The van der Waals surface area contributed by atoms with Gasteiger partial charge in [-0.3, -0.25) is 4.79 Å². The first-order valence-corrected chi connectivity index (χ1v) is 18.4. The third-order valence-electron chi connectivity index (χ3n) is 9.93. The average molecular weight is 761 g/mol. The van der Waals surface area contributed by atoms with Gasteiger partial charge in [0.25, 0.3) is 0 Å². The van der Waals surface area contributed by atoms with E-state index < -0.39 is 18.8 Å². The number of halogens is 8. The molecule has 12 heteroatoms. The topological polar surface area (TPSA) is 26.8 Å². The monoisotopic (exact) mass is 757 g/mol. The number of hydrogen-bond donors (Lipinski definition) is 0. The van der Waals surface area contributed by atoms with Crippen molar-refractivity contribution in [3.8, 4) is 0 Å². The highest BCUT2D eigenvalue weighted by molar-refractivity contribution is 6.69. The summed E-state index contributed by atoms with van der Waals surface area (Å²) in [4.78, 5) is 20.7. The van der Waals surface area contributed by atoms with Gasteiger partial charge < -0.3 is 14.7 Å². The minimum Gasteiger partial charge on any atom is -0.342 e. The van der Waals surface area contributed by atoms with E-state index in [1.807, 2.05) is 17.0 Å². The summed E-state index contributed by atoms with van der Waals surface area (Å²) in [6, 6.07) is 10.6. The molecule has 248 valence electrons. The predicted octanol–water partition coefficient (Wildman–Crippen LogP) is 9.58. The lowest BCUT2D eigenvalue weighted by Gasteiger charge is -2.46. The molecular formula is C33H39Cl7FN3O. The van der Waals surface area contributed by atoms with Crippen molar-refractivity contribution in [2.24, 2.45) is 0 Å². The smallest absolute Gasteiger partial charge is 0.227 e. The zero-order chi connectivity index (χ0) is 32.4. The van der Waals surface area contributed by atoms with Crippen LogP contribution in [0.5, 0.6) is 0 Å². The van der Waals surface area contributed by atoms with Crippen LogP contribution in [0.2, 0.25) is 5.02 Å². The molecule has 5 rings (SSSR count). The molecule has 1 amide bonds. The fourth-order valence-corrected chi connectivity index (χ4v) is 8.61. The molecule has 3 saturated heterocycles. The Morgan fingerprint density at radius 1 is 0.867 bits per heavy atom. The highest BCUT2D eigenvalue weighted by atomic mass is 35.6. The maximum atomic E-state index is 14.6. The van der Waals surface area contributed by atoms with Gasteiger partial charge in [-0.2, -0.15) is 0 Å². The Kier molecular flexibility index (Phi) is 12.1. The van der Waals surface area contributed by atoms with Crippen LogP contribution >= 0.6 is 81.2 Å². The Bertz CT molecular complexity index is 1320. The molecule has 3 aliphatic heterocycles. The van der Waals surface area contributed by atoms with Gasteiger partial charge in [-0.15, -0.1) is 0 Å². The number of carbonyl (C=O) groups is 1. The van der Waals surface area contributed by atoms with E-state index in [0.717, 1.165) is 57.3 Å². The third kappa shape index (κ3) is 8.88. The Hall–Kier alpha value is -0.210. The minimum atomic E-state index is -1.83. The summed E-state index contributed by atoms with van der Waals surface area (Å²) in [5, 5.41) is 0.245. The Morgan fingerprint density at radius 2 is 1.56 bits per heavy atom. The van der Waals surface area contributed by atoms with Crippen LogP contribution in [-0.2, 0) is 24.2 Å². The van der Waals surface area contributed by atoms with E-state index in [2.05, 4.69) is 9.80 Å². The second-order valence-corrected chi connectivity index (χ2v) is 17.7. The van der Waals surface area contributed by atoms with Crippen LogP contribution < -0.4 is 0 Å². The molecule has 2 aromatic carbocycles. The van der Waals surface area contributed by atoms with E-state index in [0.29, 0.717) is 30.3 Å². The van der Waals surface area contributed by atoms with Gasteiger partial charge in [0.2, 0.25) is 13.5 Å². The van der Waals surface area contributed by atoms with Gasteiger partial charge in [-0.25, -0.2) is 4.39 Å². The number of benzene rings is 2. The Morgan fingerprint density at radius 3 is 2.20 bits per heavy atom. The molecule has 4 nitrogen and oxygen atoms in total. The fraction of sp³-hybridized carbons (Fsp3) is 0.606. The number of alkyl halides is 6. The van der Waals surface area contributed by atoms with Crippen molar-refractivity contribution >= 4 is 87.1 Å². The lowest BCUT2D eigenvalue weighted by molar-refractivity contribution is -0.133. The van der Waals surface area contributed by atoms with Crippen molar-refractivity contribution in [2.75, 3.05) is 45.8 Å². The van der Waals surface area contributed by atoms with E-state index in [-0.39, 0.29) is 22.9 Å². The molecule has 0 spiro atoms. The maximum Gasteiger partial charge on any atom is 0.227 e. The number of carbonyl (C=O) groups excluding carboxylic acids is 1. The van der Waals surface area contributed by atoms with Crippen molar-refractivity contribution in [1.82, 2.24) is 14.7 Å². The lowest BCUT2D eigenvalue weighted by atomic mass is 9.70. The molecule has 3 aliphatic rings. The van der Waals surface area contributed by atoms with Crippen molar-refractivity contribution in [3.63, 3.8) is 0 Å². The van der Waals surface area contributed by atoms with Gasteiger partial charge in [-0.1, -0.05) is 112 Å². The van der Waals surface area contributed by atoms with E-state index in [4.69, 9.17) is 81.2 Å². The van der Waals surface area contributed by atoms with Gasteiger partial charge in [0, 0.05) is 46.3 Å². The quantitative estimate of drug-likeness (QED) is 0.263. The third-order valence-corrected chi connectivity index (χ3v) is 11.5. The Balaban J connectivity index is 1.40. The van der Waals surface area contributed by atoms with Crippen molar-refractivity contribution in [3.05, 3.63) is 69.5 Å². The number of piperidine rings is 3. The second kappa shape index (κ2) is 15.1. The maximum absolute atomic E-state index is 14.6. The summed E-state index contributed by atoms with van der Waals surface area (Å²) in [5.74, 6) is -0.658. The van der Waals surface area contributed by atoms with Crippen LogP contribution in [0.15, 0.2) is 36.4 Å². The zero-order valence-corrected chi connectivity index (χ0v) is 30.4. The first-order chi connectivity index (χ1) is 21.3. The van der Waals surface area contributed by atoms with Crippen LogP contribution in [0.1, 0.15) is 73.6 Å². The molecule has 3 fully saturated rings. The van der Waals surface area contributed by atoms with E-state index in [1.54, 1.807) is 12.1 Å². The normalized spacial score (nSPS) is 23.0. The van der Waals surface area contributed by atoms with Crippen molar-refractivity contribution < 1.29 is 9.18 Å². The average Bonchev–Trinajstić information content (AvgIpc) is 3.01. The summed E-state index contributed by atoms with van der Waals surface area (Å²) < 4.78 is 11.0. The van der Waals surface area contributed by atoms with E-state index in [1.165, 1.54) is 44.5 Å². The van der Waals surface area contributed by atoms with Crippen LogP contribution in [0.4, 0.5) is 4.39 Å².